The number of rotatable bonds is 3. The first-order chi connectivity index (χ1) is 11.0. The maximum Gasteiger partial charge on any atom is 0.306 e. The number of hydrogen-bond donors (Lipinski definition) is 1. The van der Waals surface area contributed by atoms with Crippen molar-refractivity contribution < 1.29 is 14.7 Å². The minimum atomic E-state index is -0.764. The summed E-state index contributed by atoms with van der Waals surface area (Å²) in [6.45, 7) is 2.90. The van der Waals surface area contributed by atoms with Crippen molar-refractivity contribution >= 4 is 22.8 Å². The largest absolute Gasteiger partial charge is 0.481 e. The molecule has 0 saturated carbocycles. The molecule has 1 aliphatic heterocycles. The molecule has 3 rings (SSSR count). The number of hydrogen-bond acceptors (Lipinski definition) is 3. The number of para-hydroxylation sites is 1. The Kier molecular flexibility index (Phi) is 4.07. The van der Waals surface area contributed by atoms with Gasteiger partial charge in [-0.15, -0.1) is 0 Å². The highest BCUT2D eigenvalue weighted by Gasteiger charge is 2.33. The number of carbonyl (C=O) groups is 2. The highest BCUT2D eigenvalue weighted by molar-refractivity contribution is 5.87. The van der Waals surface area contributed by atoms with Gasteiger partial charge in [0.15, 0.2) is 0 Å². The van der Waals surface area contributed by atoms with Crippen molar-refractivity contribution in [3.63, 3.8) is 0 Å². The van der Waals surface area contributed by atoms with Crippen LogP contribution in [0.1, 0.15) is 19.0 Å². The number of amides is 1. The first-order valence-electron chi connectivity index (χ1n) is 7.88. The molecule has 2 unspecified atom stereocenters. The van der Waals surface area contributed by atoms with E-state index in [2.05, 4.69) is 5.10 Å². The molecule has 0 spiro atoms. The average Bonchev–Trinajstić information content (AvgIpc) is 2.83. The van der Waals surface area contributed by atoms with Gasteiger partial charge in [0.25, 0.3) is 0 Å². The van der Waals surface area contributed by atoms with Crippen LogP contribution in [0.5, 0.6) is 0 Å². The molecule has 1 aliphatic rings. The number of aromatic nitrogens is 2. The second-order valence-corrected chi connectivity index (χ2v) is 6.31. The van der Waals surface area contributed by atoms with Gasteiger partial charge in [0.05, 0.1) is 23.5 Å². The van der Waals surface area contributed by atoms with E-state index in [4.69, 9.17) is 0 Å². The summed E-state index contributed by atoms with van der Waals surface area (Å²) >= 11 is 0. The highest BCUT2D eigenvalue weighted by Crippen LogP contribution is 2.25. The minimum absolute atomic E-state index is 0.0181. The van der Waals surface area contributed by atoms with Gasteiger partial charge in [-0.1, -0.05) is 25.1 Å². The minimum Gasteiger partial charge on any atom is -0.481 e. The molecule has 122 valence electrons. The van der Waals surface area contributed by atoms with Crippen LogP contribution in [0.4, 0.5) is 0 Å². The van der Waals surface area contributed by atoms with E-state index in [1.54, 1.807) is 9.58 Å². The van der Waals surface area contributed by atoms with Gasteiger partial charge < -0.3 is 10.0 Å². The zero-order chi connectivity index (χ0) is 16.6. The summed E-state index contributed by atoms with van der Waals surface area (Å²) in [7, 11) is 1.87. The van der Waals surface area contributed by atoms with E-state index >= 15 is 0 Å². The Morgan fingerprint density at radius 1 is 1.35 bits per heavy atom. The van der Waals surface area contributed by atoms with Crippen LogP contribution in [0.15, 0.2) is 24.3 Å². The average molecular weight is 315 g/mol. The van der Waals surface area contributed by atoms with E-state index in [0.29, 0.717) is 19.5 Å². The molecule has 0 aliphatic carbocycles. The lowest BCUT2D eigenvalue weighted by Crippen LogP contribution is -2.45. The van der Waals surface area contributed by atoms with Gasteiger partial charge in [0.1, 0.15) is 0 Å². The number of carbonyl (C=O) groups excluding carboxylic acids is 1. The molecular weight excluding hydrogens is 294 g/mol. The Morgan fingerprint density at radius 3 is 2.78 bits per heavy atom. The van der Waals surface area contributed by atoms with E-state index in [1.165, 1.54) is 0 Å². The number of likely N-dealkylation sites (tertiary alicyclic amines) is 1. The lowest BCUT2D eigenvalue weighted by molar-refractivity contribution is -0.148. The summed E-state index contributed by atoms with van der Waals surface area (Å²) in [4.78, 5) is 25.5. The molecule has 2 heterocycles. The van der Waals surface area contributed by atoms with Crippen LogP contribution in [0, 0.1) is 11.8 Å². The molecule has 1 amide bonds. The van der Waals surface area contributed by atoms with E-state index in [-0.39, 0.29) is 24.2 Å². The monoisotopic (exact) mass is 315 g/mol. The Bertz CT molecular complexity index is 753. The van der Waals surface area contributed by atoms with E-state index in [0.717, 1.165) is 16.6 Å². The van der Waals surface area contributed by atoms with Crippen LogP contribution in [-0.2, 0) is 23.1 Å². The topological polar surface area (TPSA) is 75.4 Å². The highest BCUT2D eigenvalue weighted by atomic mass is 16.4. The van der Waals surface area contributed by atoms with Crippen molar-refractivity contribution in [1.29, 1.82) is 0 Å². The molecule has 1 aromatic carbocycles. The Labute approximate surface area is 134 Å². The summed E-state index contributed by atoms with van der Waals surface area (Å²) in [5, 5.41) is 14.6. The fourth-order valence-electron chi connectivity index (χ4n) is 3.41. The van der Waals surface area contributed by atoms with Crippen molar-refractivity contribution in [2.75, 3.05) is 13.1 Å². The quantitative estimate of drug-likeness (QED) is 0.935. The maximum atomic E-state index is 12.6. The third-order valence-electron chi connectivity index (χ3n) is 4.73. The van der Waals surface area contributed by atoms with Crippen LogP contribution in [0.3, 0.4) is 0 Å². The first-order valence-corrected chi connectivity index (χ1v) is 7.88. The molecule has 1 N–H and O–H groups in total. The predicted molar refractivity (Wildman–Crippen MR) is 85.9 cm³/mol. The normalized spacial score (nSPS) is 21.6. The van der Waals surface area contributed by atoms with Crippen molar-refractivity contribution in [2.45, 2.75) is 19.8 Å². The number of aliphatic carboxylic acids is 1. The number of carboxylic acid groups (broad SMARTS) is 1. The fraction of sp³-hybridized carbons (Fsp3) is 0.471. The number of piperidine rings is 1. The van der Waals surface area contributed by atoms with Crippen molar-refractivity contribution in [1.82, 2.24) is 14.7 Å². The second-order valence-electron chi connectivity index (χ2n) is 6.31. The molecule has 23 heavy (non-hydrogen) atoms. The molecular formula is C17H21N3O3. The van der Waals surface area contributed by atoms with Gasteiger partial charge in [-0.05, 0) is 18.4 Å². The molecule has 1 aromatic heterocycles. The molecule has 1 fully saturated rings. The summed E-state index contributed by atoms with van der Waals surface area (Å²) in [5.74, 6) is -1.12. The number of nitrogens with zero attached hydrogens (tertiary/aromatic N) is 3. The third-order valence-corrected chi connectivity index (χ3v) is 4.73. The summed E-state index contributed by atoms with van der Waals surface area (Å²) in [6.07, 6.45) is 0.775. The van der Waals surface area contributed by atoms with Crippen LogP contribution in [0.25, 0.3) is 10.9 Å². The smallest absolute Gasteiger partial charge is 0.306 e. The first kappa shape index (κ1) is 15.5. The molecule has 6 heteroatoms. The fourth-order valence-corrected chi connectivity index (χ4v) is 3.41. The van der Waals surface area contributed by atoms with E-state index in [9.17, 15) is 14.7 Å². The lowest BCUT2D eigenvalue weighted by Gasteiger charge is -2.34. The van der Waals surface area contributed by atoms with Gasteiger partial charge in [-0.3, -0.25) is 14.3 Å². The third kappa shape index (κ3) is 2.93. The molecule has 6 nitrogen and oxygen atoms in total. The van der Waals surface area contributed by atoms with Crippen molar-refractivity contribution in [3.8, 4) is 0 Å². The van der Waals surface area contributed by atoms with Gasteiger partial charge in [0.2, 0.25) is 5.91 Å². The Balaban J connectivity index is 1.73. The predicted octanol–water partition coefficient (Wildman–Crippen LogP) is 1.68. The number of fused-ring (bicyclic) bond motifs is 1. The summed E-state index contributed by atoms with van der Waals surface area (Å²) < 4.78 is 1.79. The SMILES string of the molecule is CC1CN(C(=O)Cc2nn(C)c3ccccc23)CCC1C(=O)O. The van der Waals surface area contributed by atoms with Crippen LogP contribution in [-0.4, -0.2) is 44.8 Å². The zero-order valence-corrected chi connectivity index (χ0v) is 13.4. The van der Waals surface area contributed by atoms with Crippen LogP contribution in [0.2, 0.25) is 0 Å². The lowest BCUT2D eigenvalue weighted by atomic mass is 9.87. The Morgan fingerprint density at radius 2 is 2.09 bits per heavy atom. The number of carboxylic acids is 1. The van der Waals surface area contributed by atoms with Gasteiger partial charge in [-0.25, -0.2) is 0 Å². The van der Waals surface area contributed by atoms with Crippen LogP contribution >= 0.6 is 0 Å². The van der Waals surface area contributed by atoms with Crippen molar-refractivity contribution in [3.05, 3.63) is 30.0 Å². The molecule has 0 radical (unpaired) electrons. The molecule has 2 aromatic rings. The molecule has 1 saturated heterocycles. The maximum absolute atomic E-state index is 12.6. The van der Waals surface area contributed by atoms with Gasteiger partial charge >= 0.3 is 5.97 Å². The number of benzene rings is 1. The van der Waals surface area contributed by atoms with Crippen molar-refractivity contribution in [2.24, 2.45) is 18.9 Å². The van der Waals surface area contributed by atoms with Gasteiger partial charge in [0, 0.05) is 25.5 Å². The number of aryl methyl sites for hydroxylation is 1. The standard InChI is InChI=1S/C17H21N3O3/c1-11-10-20(8-7-12(11)17(22)23)16(21)9-14-13-5-3-4-6-15(13)19(2)18-14/h3-6,11-12H,7-10H2,1-2H3,(H,22,23). The molecule has 0 bridgehead atoms. The van der Waals surface area contributed by atoms with Gasteiger partial charge in [-0.2, -0.15) is 5.10 Å². The van der Waals surface area contributed by atoms with Crippen LogP contribution < -0.4 is 0 Å². The Hall–Kier alpha value is -2.37. The summed E-state index contributed by atoms with van der Waals surface area (Å²) in [5.41, 5.74) is 1.79. The van der Waals surface area contributed by atoms with E-state index < -0.39 is 5.97 Å². The molecule has 2 atom stereocenters. The zero-order valence-electron chi connectivity index (χ0n) is 13.4. The second kappa shape index (κ2) is 6.02. The van der Waals surface area contributed by atoms with E-state index in [1.807, 2.05) is 38.2 Å². The summed E-state index contributed by atoms with van der Waals surface area (Å²) in [6, 6.07) is 7.85.